The summed E-state index contributed by atoms with van der Waals surface area (Å²) in [7, 11) is 0. The third-order valence-corrected chi connectivity index (χ3v) is 3.65. The SMILES string of the molecule is CCNc1nc(CCC(F)(F)F)nc(C2CC2)c1Br. The number of hydrogen-bond acceptors (Lipinski definition) is 3. The Bertz CT molecular complexity index is 458. The third-order valence-electron chi connectivity index (χ3n) is 2.86. The van der Waals surface area contributed by atoms with Gasteiger partial charge in [0.2, 0.25) is 0 Å². The van der Waals surface area contributed by atoms with Crippen LogP contribution in [0, 0.1) is 0 Å². The molecule has 0 radical (unpaired) electrons. The van der Waals surface area contributed by atoms with Crippen molar-refractivity contribution in [2.75, 3.05) is 11.9 Å². The number of anilines is 1. The van der Waals surface area contributed by atoms with E-state index >= 15 is 0 Å². The molecule has 1 aliphatic rings. The fourth-order valence-electron chi connectivity index (χ4n) is 1.79. The predicted molar refractivity (Wildman–Crippen MR) is 70.2 cm³/mol. The molecule has 7 heteroatoms. The number of hydrogen-bond donors (Lipinski definition) is 1. The quantitative estimate of drug-likeness (QED) is 0.880. The maximum absolute atomic E-state index is 12.3. The number of aryl methyl sites for hydroxylation is 1. The van der Waals surface area contributed by atoms with Crippen LogP contribution in [-0.4, -0.2) is 22.7 Å². The number of alkyl halides is 3. The highest BCUT2D eigenvalue weighted by Gasteiger charge is 2.31. The molecule has 0 aliphatic heterocycles. The van der Waals surface area contributed by atoms with Gasteiger partial charge in [0.05, 0.1) is 16.6 Å². The van der Waals surface area contributed by atoms with Crippen molar-refractivity contribution < 1.29 is 13.2 Å². The zero-order chi connectivity index (χ0) is 14.0. The van der Waals surface area contributed by atoms with Gasteiger partial charge in [-0.25, -0.2) is 9.97 Å². The van der Waals surface area contributed by atoms with Crippen LogP contribution in [-0.2, 0) is 6.42 Å². The molecule has 0 unspecified atom stereocenters. The van der Waals surface area contributed by atoms with E-state index in [9.17, 15) is 13.2 Å². The lowest BCUT2D eigenvalue weighted by atomic mass is 10.2. The molecular weight excluding hydrogens is 323 g/mol. The van der Waals surface area contributed by atoms with Crippen LogP contribution < -0.4 is 5.32 Å². The first-order valence-corrected chi connectivity index (χ1v) is 7.07. The summed E-state index contributed by atoms with van der Waals surface area (Å²) < 4.78 is 37.6. The van der Waals surface area contributed by atoms with E-state index in [1.807, 2.05) is 6.92 Å². The molecule has 0 saturated heterocycles. The van der Waals surface area contributed by atoms with Crippen LogP contribution in [0.1, 0.15) is 43.6 Å². The maximum atomic E-state index is 12.3. The number of nitrogens with zero attached hydrogens (tertiary/aromatic N) is 2. The van der Waals surface area contributed by atoms with Gasteiger partial charge in [0, 0.05) is 18.9 Å². The van der Waals surface area contributed by atoms with Crippen molar-refractivity contribution in [3.63, 3.8) is 0 Å². The van der Waals surface area contributed by atoms with Gasteiger partial charge in [0.1, 0.15) is 11.6 Å². The van der Waals surface area contributed by atoms with Crippen molar-refractivity contribution in [2.24, 2.45) is 0 Å². The number of rotatable bonds is 5. The normalized spacial score (nSPS) is 15.6. The molecule has 0 bridgehead atoms. The highest BCUT2D eigenvalue weighted by molar-refractivity contribution is 9.10. The summed E-state index contributed by atoms with van der Waals surface area (Å²) in [4.78, 5) is 8.45. The van der Waals surface area contributed by atoms with Crippen molar-refractivity contribution in [2.45, 2.75) is 44.7 Å². The van der Waals surface area contributed by atoms with Gasteiger partial charge < -0.3 is 5.32 Å². The van der Waals surface area contributed by atoms with Gasteiger partial charge in [-0.1, -0.05) is 0 Å². The summed E-state index contributed by atoms with van der Waals surface area (Å²) in [5.74, 6) is 1.22. The Hall–Kier alpha value is -0.850. The largest absolute Gasteiger partial charge is 0.389 e. The summed E-state index contributed by atoms with van der Waals surface area (Å²) in [6.07, 6.45) is -3.15. The minimum absolute atomic E-state index is 0.172. The fraction of sp³-hybridized carbons (Fsp3) is 0.667. The number of nitrogens with one attached hydrogen (secondary N) is 1. The molecular formula is C12H15BrF3N3. The van der Waals surface area contributed by atoms with E-state index in [0.717, 1.165) is 23.0 Å². The van der Waals surface area contributed by atoms with Gasteiger partial charge in [-0.05, 0) is 35.7 Å². The summed E-state index contributed by atoms with van der Waals surface area (Å²) in [5.41, 5.74) is 0.836. The van der Waals surface area contributed by atoms with E-state index in [2.05, 4.69) is 31.2 Å². The predicted octanol–water partition coefficient (Wildman–Crippen LogP) is 4.04. The zero-order valence-corrected chi connectivity index (χ0v) is 12.1. The Balaban J connectivity index is 2.22. The fourth-order valence-corrected chi connectivity index (χ4v) is 2.43. The van der Waals surface area contributed by atoms with Crippen molar-refractivity contribution >= 4 is 21.7 Å². The van der Waals surface area contributed by atoms with Gasteiger partial charge in [-0.15, -0.1) is 0 Å². The molecule has 0 atom stereocenters. The summed E-state index contributed by atoms with van der Waals surface area (Å²) in [6, 6.07) is 0. The Morgan fingerprint density at radius 3 is 2.53 bits per heavy atom. The third kappa shape index (κ3) is 4.06. The first-order valence-electron chi connectivity index (χ1n) is 6.27. The number of halogens is 4. The first-order chi connectivity index (χ1) is 8.90. The zero-order valence-electron chi connectivity index (χ0n) is 10.5. The molecule has 1 heterocycles. The van der Waals surface area contributed by atoms with E-state index in [-0.39, 0.29) is 12.2 Å². The monoisotopic (exact) mass is 337 g/mol. The average Bonchev–Trinajstić information content (AvgIpc) is 3.13. The Morgan fingerprint density at radius 1 is 1.32 bits per heavy atom. The first kappa shape index (κ1) is 14.6. The van der Waals surface area contributed by atoms with Crippen LogP contribution in [0.4, 0.5) is 19.0 Å². The molecule has 3 nitrogen and oxygen atoms in total. The van der Waals surface area contributed by atoms with Gasteiger partial charge in [-0.2, -0.15) is 13.2 Å². The van der Waals surface area contributed by atoms with Crippen molar-refractivity contribution in [1.29, 1.82) is 0 Å². The lowest BCUT2D eigenvalue weighted by Gasteiger charge is -2.12. The lowest BCUT2D eigenvalue weighted by molar-refractivity contribution is -0.134. The highest BCUT2D eigenvalue weighted by Crippen LogP contribution is 2.43. The molecule has 0 amide bonds. The molecule has 1 aliphatic carbocycles. The number of aromatic nitrogens is 2. The van der Waals surface area contributed by atoms with Crippen molar-refractivity contribution in [1.82, 2.24) is 9.97 Å². The second-order valence-electron chi connectivity index (χ2n) is 4.61. The van der Waals surface area contributed by atoms with Crippen LogP contribution in [0.5, 0.6) is 0 Å². The van der Waals surface area contributed by atoms with Crippen molar-refractivity contribution in [3.8, 4) is 0 Å². The molecule has 0 aromatic carbocycles. The van der Waals surface area contributed by atoms with Crippen LogP contribution in [0.15, 0.2) is 4.47 Å². The minimum atomic E-state index is -4.17. The molecule has 1 saturated carbocycles. The van der Waals surface area contributed by atoms with Gasteiger partial charge >= 0.3 is 6.18 Å². The Morgan fingerprint density at radius 2 is 2.00 bits per heavy atom. The molecule has 1 aromatic heterocycles. The van der Waals surface area contributed by atoms with Crippen molar-refractivity contribution in [3.05, 3.63) is 16.0 Å². The van der Waals surface area contributed by atoms with Crippen LogP contribution in [0.3, 0.4) is 0 Å². The molecule has 106 valence electrons. The standard InChI is InChI=1S/C12H15BrF3N3/c1-2-17-11-9(13)10(7-3-4-7)18-8(19-11)5-6-12(14,15)16/h7H,2-6H2,1H3,(H,17,18,19). The van der Waals surface area contributed by atoms with Gasteiger partial charge in [-0.3, -0.25) is 0 Å². The Kier molecular flexibility index (Phi) is 4.32. The van der Waals surface area contributed by atoms with E-state index in [4.69, 9.17) is 0 Å². The Labute approximate surface area is 118 Å². The summed E-state index contributed by atoms with van der Waals surface area (Å²) >= 11 is 3.44. The lowest BCUT2D eigenvalue weighted by Crippen LogP contribution is -2.12. The molecule has 1 fully saturated rings. The summed E-state index contributed by atoms with van der Waals surface area (Å²) in [6.45, 7) is 2.58. The second-order valence-corrected chi connectivity index (χ2v) is 5.40. The van der Waals surface area contributed by atoms with E-state index in [1.165, 1.54) is 0 Å². The molecule has 1 aromatic rings. The van der Waals surface area contributed by atoms with Crippen LogP contribution in [0.2, 0.25) is 0 Å². The van der Waals surface area contributed by atoms with E-state index in [0.29, 0.717) is 18.3 Å². The topological polar surface area (TPSA) is 37.8 Å². The molecule has 19 heavy (non-hydrogen) atoms. The maximum Gasteiger partial charge on any atom is 0.389 e. The minimum Gasteiger partial charge on any atom is -0.369 e. The summed E-state index contributed by atoms with van der Waals surface area (Å²) in [5, 5.41) is 3.06. The molecule has 0 spiro atoms. The molecule has 1 N–H and O–H groups in total. The van der Waals surface area contributed by atoms with E-state index < -0.39 is 12.6 Å². The van der Waals surface area contributed by atoms with Gasteiger partial charge in [0.25, 0.3) is 0 Å². The molecule has 2 rings (SSSR count). The van der Waals surface area contributed by atoms with Gasteiger partial charge in [0.15, 0.2) is 0 Å². The smallest absolute Gasteiger partial charge is 0.369 e. The van der Waals surface area contributed by atoms with Crippen LogP contribution in [0.25, 0.3) is 0 Å². The highest BCUT2D eigenvalue weighted by atomic mass is 79.9. The second kappa shape index (κ2) is 5.64. The average molecular weight is 338 g/mol. The van der Waals surface area contributed by atoms with E-state index in [1.54, 1.807) is 0 Å². The van der Waals surface area contributed by atoms with Crippen LogP contribution >= 0.6 is 15.9 Å².